The summed E-state index contributed by atoms with van der Waals surface area (Å²) in [6.07, 6.45) is 4.17. The zero-order chi connectivity index (χ0) is 10.6. The van der Waals surface area contributed by atoms with Crippen LogP contribution in [-0.2, 0) is 4.79 Å². The molecule has 1 heterocycles. The molecule has 1 aliphatic heterocycles. The van der Waals surface area contributed by atoms with Gasteiger partial charge >= 0.3 is 6.03 Å². The van der Waals surface area contributed by atoms with Crippen LogP contribution in [0.1, 0.15) is 39.5 Å². The maximum Gasteiger partial charge on any atom is 0.322 e. The van der Waals surface area contributed by atoms with Gasteiger partial charge in [-0.25, -0.2) is 4.79 Å². The molecule has 0 unspecified atom stereocenters. The molecule has 0 aromatic heterocycles. The average Bonchev–Trinajstić information content (AvgIpc) is 2.47. The maximum atomic E-state index is 11.4. The van der Waals surface area contributed by atoms with E-state index >= 15 is 0 Å². The fourth-order valence-corrected chi connectivity index (χ4v) is 1.84. The quantitative estimate of drug-likeness (QED) is 0.656. The van der Waals surface area contributed by atoms with Crippen LogP contribution in [0.5, 0.6) is 0 Å². The Morgan fingerprint density at radius 1 is 1.36 bits per heavy atom. The highest BCUT2D eigenvalue weighted by Gasteiger charge is 2.34. The van der Waals surface area contributed by atoms with E-state index in [0.29, 0.717) is 0 Å². The molecule has 0 aliphatic carbocycles. The number of hydrogen-bond donors (Lipinski definition) is 2. The lowest BCUT2D eigenvalue weighted by Crippen LogP contribution is -2.36. The van der Waals surface area contributed by atoms with E-state index < -0.39 is 0 Å². The summed E-state index contributed by atoms with van der Waals surface area (Å²) in [7, 11) is 0. The van der Waals surface area contributed by atoms with Crippen LogP contribution in [0, 0.1) is 5.92 Å². The van der Waals surface area contributed by atoms with E-state index in [2.05, 4.69) is 24.5 Å². The zero-order valence-electron chi connectivity index (χ0n) is 8.80. The summed E-state index contributed by atoms with van der Waals surface area (Å²) in [6.45, 7) is 4.18. The Balaban J connectivity index is 2.51. The highest BCUT2D eigenvalue weighted by molar-refractivity contribution is 6.04. The third kappa shape index (κ3) is 2.47. The van der Waals surface area contributed by atoms with Crippen molar-refractivity contribution in [3.05, 3.63) is 0 Å². The highest BCUT2D eigenvalue weighted by Crippen LogP contribution is 2.18. The van der Waals surface area contributed by atoms with Crippen molar-refractivity contribution >= 4 is 11.9 Å². The lowest BCUT2D eigenvalue weighted by molar-refractivity contribution is -0.121. The molecule has 1 fully saturated rings. The lowest BCUT2D eigenvalue weighted by atomic mass is 9.91. The Morgan fingerprint density at radius 2 is 2.07 bits per heavy atom. The van der Waals surface area contributed by atoms with Crippen molar-refractivity contribution in [2.24, 2.45) is 5.92 Å². The summed E-state index contributed by atoms with van der Waals surface area (Å²) in [5.41, 5.74) is 0. The minimum Gasteiger partial charge on any atom is -0.326 e. The van der Waals surface area contributed by atoms with Gasteiger partial charge in [-0.2, -0.15) is 0 Å². The van der Waals surface area contributed by atoms with E-state index in [4.69, 9.17) is 0 Å². The van der Waals surface area contributed by atoms with Crippen LogP contribution < -0.4 is 10.6 Å². The van der Waals surface area contributed by atoms with Gasteiger partial charge in [0.1, 0.15) is 6.04 Å². The monoisotopic (exact) mass is 198 g/mol. The Labute approximate surface area is 84.4 Å². The molecule has 2 N–H and O–H groups in total. The number of imide groups is 1. The van der Waals surface area contributed by atoms with Crippen molar-refractivity contribution in [2.75, 3.05) is 0 Å². The van der Waals surface area contributed by atoms with Gasteiger partial charge < -0.3 is 5.32 Å². The number of urea groups is 1. The topological polar surface area (TPSA) is 58.2 Å². The first kappa shape index (κ1) is 11.0. The summed E-state index contributed by atoms with van der Waals surface area (Å²) in [5, 5.41) is 4.93. The van der Waals surface area contributed by atoms with Crippen molar-refractivity contribution in [3.8, 4) is 0 Å². The first-order valence-corrected chi connectivity index (χ1v) is 5.30. The molecule has 0 aromatic carbocycles. The van der Waals surface area contributed by atoms with Crippen LogP contribution in [0.15, 0.2) is 0 Å². The number of carbonyl (C=O) groups is 2. The standard InChI is InChI=1S/C10H18N2O2/c1-3-5-6-7(4-2)8-9(13)12-10(14)11-8/h7-8H,3-6H2,1-2H3,(H2,11,12,13,14)/t7-,8-/m1/s1. The van der Waals surface area contributed by atoms with Crippen molar-refractivity contribution in [2.45, 2.75) is 45.6 Å². The largest absolute Gasteiger partial charge is 0.326 e. The van der Waals surface area contributed by atoms with Gasteiger partial charge in [-0.05, 0) is 12.3 Å². The Kier molecular flexibility index (Phi) is 3.92. The smallest absolute Gasteiger partial charge is 0.322 e. The molecule has 14 heavy (non-hydrogen) atoms. The predicted octanol–water partition coefficient (Wildman–Crippen LogP) is 1.41. The van der Waals surface area contributed by atoms with Crippen LogP contribution in [-0.4, -0.2) is 18.0 Å². The van der Waals surface area contributed by atoms with Crippen LogP contribution in [0.2, 0.25) is 0 Å². The third-order valence-corrected chi connectivity index (χ3v) is 2.73. The average molecular weight is 198 g/mol. The van der Waals surface area contributed by atoms with Crippen LogP contribution in [0.25, 0.3) is 0 Å². The maximum absolute atomic E-state index is 11.4. The van der Waals surface area contributed by atoms with Crippen LogP contribution >= 0.6 is 0 Å². The van der Waals surface area contributed by atoms with E-state index in [1.54, 1.807) is 0 Å². The molecule has 0 bridgehead atoms. The number of rotatable bonds is 5. The zero-order valence-corrected chi connectivity index (χ0v) is 8.80. The summed E-state index contributed by atoms with van der Waals surface area (Å²) >= 11 is 0. The Bertz CT molecular complexity index is 228. The van der Waals surface area contributed by atoms with E-state index in [-0.39, 0.29) is 23.9 Å². The molecule has 0 radical (unpaired) electrons. The van der Waals surface area contributed by atoms with Gasteiger partial charge in [0.15, 0.2) is 0 Å². The van der Waals surface area contributed by atoms with E-state index in [1.807, 2.05) is 0 Å². The second kappa shape index (κ2) is 4.98. The molecule has 0 spiro atoms. The molecule has 0 aromatic rings. The van der Waals surface area contributed by atoms with Gasteiger partial charge in [-0.15, -0.1) is 0 Å². The van der Waals surface area contributed by atoms with E-state index in [0.717, 1.165) is 25.7 Å². The molecular formula is C10H18N2O2. The number of amides is 3. The number of hydrogen-bond acceptors (Lipinski definition) is 2. The second-order valence-electron chi connectivity index (χ2n) is 3.75. The minimum absolute atomic E-state index is 0.169. The first-order chi connectivity index (χ1) is 6.69. The second-order valence-corrected chi connectivity index (χ2v) is 3.75. The third-order valence-electron chi connectivity index (χ3n) is 2.73. The summed E-state index contributed by atoms with van der Waals surface area (Å²) in [4.78, 5) is 22.3. The molecule has 1 saturated heterocycles. The Morgan fingerprint density at radius 3 is 2.50 bits per heavy atom. The van der Waals surface area contributed by atoms with Gasteiger partial charge in [0.25, 0.3) is 5.91 Å². The van der Waals surface area contributed by atoms with E-state index in [1.165, 1.54) is 0 Å². The number of carbonyl (C=O) groups excluding carboxylic acids is 2. The van der Waals surface area contributed by atoms with Gasteiger partial charge in [0.2, 0.25) is 0 Å². The summed E-state index contributed by atoms with van der Waals surface area (Å²) in [5.74, 6) is 0.111. The normalized spacial score (nSPS) is 23.1. The van der Waals surface area contributed by atoms with Crippen molar-refractivity contribution in [1.82, 2.24) is 10.6 Å². The Hall–Kier alpha value is -1.06. The molecule has 2 atom stereocenters. The molecule has 4 nitrogen and oxygen atoms in total. The summed E-state index contributed by atoms with van der Waals surface area (Å²) < 4.78 is 0. The SMILES string of the molecule is CCCC[C@@H](CC)[C@H]1NC(=O)NC1=O. The van der Waals surface area contributed by atoms with Crippen molar-refractivity contribution in [3.63, 3.8) is 0 Å². The summed E-state index contributed by atoms with van der Waals surface area (Å²) in [6, 6.07) is -0.658. The fraction of sp³-hybridized carbons (Fsp3) is 0.800. The minimum atomic E-state index is -0.352. The number of nitrogens with one attached hydrogen (secondary N) is 2. The van der Waals surface area contributed by atoms with Gasteiger partial charge in [-0.3, -0.25) is 10.1 Å². The molecule has 0 saturated carbocycles. The fourth-order valence-electron chi connectivity index (χ4n) is 1.84. The molecule has 3 amide bonds. The van der Waals surface area contributed by atoms with Crippen molar-refractivity contribution < 1.29 is 9.59 Å². The van der Waals surface area contributed by atoms with Gasteiger partial charge in [-0.1, -0.05) is 33.1 Å². The number of unbranched alkanes of at least 4 members (excludes halogenated alkanes) is 1. The molecule has 1 rings (SSSR count). The van der Waals surface area contributed by atoms with Gasteiger partial charge in [0.05, 0.1) is 0 Å². The molecular weight excluding hydrogens is 180 g/mol. The molecule has 80 valence electrons. The van der Waals surface area contributed by atoms with Crippen molar-refractivity contribution in [1.29, 1.82) is 0 Å². The van der Waals surface area contributed by atoms with Crippen LogP contribution in [0.4, 0.5) is 4.79 Å². The van der Waals surface area contributed by atoms with Crippen LogP contribution in [0.3, 0.4) is 0 Å². The predicted molar refractivity (Wildman–Crippen MR) is 53.8 cm³/mol. The first-order valence-electron chi connectivity index (χ1n) is 5.30. The molecule has 1 aliphatic rings. The van der Waals surface area contributed by atoms with E-state index in [9.17, 15) is 9.59 Å². The molecule has 4 heteroatoms. The highest BCUT2D eigenvalue weighted by atomic mass is 16.2. The van der Waals surface area contributed by atoms with Gasteiger partial charge in [0, 0.05) is 0 Å². The lowest BCUT2D eigenvalue weighted by Gasteiger charge is -2.19.